The van der Waals surface area contributed by atoms with Crippen LogP contribution in [0.2, 0.25) is 0 Å². The lowest BCUT2D eigenvalue weighted by Crippen LogP contribution is -2.27. The van der Waals surface area contributed by atoms with Gasteiger partial charge in [-0.25, -0.2) is 0 Å². The second-order valence-electron chi connectivity index (χ2n) is 4.80. The number of halogens is 1. The highest BCUT2D eigenvalue weighted by molar-refractivity contribution is 14.1. The maximum atomic E-state index is 12.4. The van der Waals surface area contributed by atoms with Crippen LogP contribution in [0.25, 0.3) is 6.08 Å². The number of benzene rings is 1. The molecule has 1 aliphatic heterocycles. The topological polar surface area (TPSA) is 93.7 Å². The van der Waals surface area contributed by atoms with Crippen molar-refractivity contribution < 1.29 is 18.9 Å². The zero-order valence-corrected chi connectivity index (χ0v) is 14.9. The van der Waals surface area contributed by atoms with E-state index in [1.807, 2.05) is 22.6 Å². The molecule has 0 N–H and O–H groups in total. The van der Waals surface area contributed by atoms with Gasteiger partial charge in [-0.2, -0.15) is 0 Å². The fourth-order valence-corrected chi connectivity index (χ4v) is 3.42. The molecule has 0 bridgehead atoms. The second-order valence-corrected chi connectivity index (χ2v) is 6.85. The van der Waals surface area contributed by atoms with Crippen LogP contribution >= 0.6 is 34.4 Å². The van der Waals surface area contributed by atoms with E-state index in [0.29, 0.717) is 15.1 Å². The first kappa shape index (κ1) is 16.7. The minimum atomic E-state index is -0.533. The van der Waals surface area contributed by atoms with Gasteiger partial charge in [0.25, 0.3) is 16.8 Å². The standard InChI is InChI=1S/C15H9IN2O5S/c16-13-6-5-10(23-13)7-12-14(19)17(15(20)24-12)8-9-3-1-2-4-11(9)18(21)22/h1-7H,8H2/b12-7-. The summed E-state index contributed by atoms with van der Waals surface area (Å²) >= 11 is 2.78. The van der Waals surface area contributed by atoms with Crippen molar-refractivity contribution in [2.45, 2.75) is 6.54 Å². The Bertz CT molecular complexity index is 876. The number of carbonyl (C=O) groups is 2. The summed E-state index contributed by atoms with van der Waals surface area (Å²) < 4.78 is 6.02. The predicted molar refractivity (Wildman–Crippen MR) is 96.0 cm³/mol. The van der Waals surface area contributed by atoms with E-state index in [4.69, 9.17) is 4.42 Å². The Balaban J connectivity index is 1.85. The number of rotatable bonds is 4. The highest BCUT2D eigenvalue weighted by Gasteiger charge is 2.36. The van der Waals surface area contributed by atoms with E-state index in [1.165, 1.54) is 24.3 Å². The molecular weight excluding hydrogens is 447 g/mol. The minimum absolute atomic E-state index is 0.124. The highest BCUT2D eigenvalue weighted by atomic mass is 127. The lowest BCUT2D eigenvalue weighted by atomic mass is 10.1. The van der Waals surface area contributed by atoms with Crippen LogP contribution in [0.15, 0.2) is 45.7 Å². The van der Waals surface area contributed by atoms with Gasteiger partial charge >= 0.3 is 0 Å². The molecule has 1 aromatic heterocycles. The Kier molecular flexibility index (Phi) is 4.71. The third kappa shape index (κ3) is 3.36. The van der Waals surface area contributed by atoms with Crippen LogP contribution in [-0.2, 0) is 11.3 Å². The van der Waals surface area contributed by atoms with Gasteiger partial charge in [0.05, 0.1) is 16.4 Å². The monoisotopic (exact) mass is 456 g/mol. The summed E-state index contributed by atoms with van der Waals surface area (Å²) in [6, 6.07) is 9.46. The van der Waals surface area contributed by atoms with Gasteiger partial charge in [0, 0.05) is 17.7 Å². The fraction of sp³-hybridized carbons (Fsp3) is 0.0667. The van der Waals surface area contributed by atoms with E-state index in [-0.39, 0.29) is 17.1 Å². The maximum absolute atomic E-state index is 12.4. The third-order valence-electron chi connectivity index (χ3n) is 3.26. The van der Waals surface area contributed by atoms with Crippen LogP contribution in [0, 0.1) is 13.9 Å². The Morgan fingerprint density at radius 2 is 2.00 bits per heavy atom. The molecule has 9 heteroatoms. The average Bonchev–Trinajstić information content (AvgIpc) is 3.06. The predicted octanol–water partition coefficient (Wildman–Crippen LogP) is 4.03. The quantitative estimate of drug-likeness (QED) is 0.299. The molecule has 122 valence electrons. The normalized spacial score (nSPS) is 16.2. The van der Waals surface area contributed by atoms with Crippen LogP contribution in [0.5, 0.6) is 0 Å². The molecule has 3 rings (SSSR count). The summed E-state index contributed by atoms with van der Waals surface area (Å²) in [5, 5.41) is 10.6. The van der Waals surface area contributed by atoms with Crippen molar-refractivity contribution in [3.8, 4) is 0 Å². The zero-order chi connectivity index (χ0) is 17.3. The summed E-state index contributed by atoms with van der Waals surface area (Å²) in [6.07, 6.45) is 1.49. The van der Waals surface area contributed by atoms with Crippen LogP contribution in [-0.4, -0.2) is 21.0 Å². The molecule has 0 saturated carbocycles. The summed E-state index contributed by atoms with van der Waals surface area (Å²) in [5.41, 5.74) is 0.180. The largest absolute Gasteiger partial charge is 0.451 e. The molecule has 1 fully saturated rings. The molecule has 0 aliphatic carbocycles. The van der Waals surface area contributed by atoms with Gasteiger partial charge in [-0.05, 0) is 46.5 Å². The van der Waals surface area contributed by atoms with Gasteiger partial charge in [-0.3, -0.25) is 24.6 Å². The number of carbonyl (C=O) groups excluding carboxylic acids is 2. The van der Waals surface area contributed by atoms with Gasteiger partial charge in [-0.15, -0.1) is 0 Å². The molecule has 7 nitrogen and oxygen atoms in total. The van der Waals surface area contributed by atoms with Crippen molar-refractivity contribution >= 4 is 57.3 Å². The lowest BCUT2D eigenvalue weighted by molar-refractivity contribution is -0.385. The van der Waals surface area contributed by atoms with E-state index >= 15 is 0 Å². The molecule has 0 unspecified atom stereocenters. The van der Waals surface area contributed by atoms with Crippen molar-refractivity contribution in [1.82, 2.24) is 4.90 Å². The SMILES string of the molecule is O=C1S/C(=C\c2ccc(I)o2)C(=O)N1Cc1ccccc1[N+](=O)[O-]. The van der Waals surface area contributed by atoms with Crippen molar-refractivity contribution in [2.75, 3.05) is 0 Å². The van der Waals surface area contributed by atoms with Crippen molar-refractivity contribution in [2.24, 2.45) is 0 Å². The van der Waals surface area contributed by atoms with Crippen LogP contribution < -0.4 is 0 Å². The molecular formula is C15H9IN2O5S. The first-order chi connectivity index (χ1) is 11.5. The number of hydrogen-bond acceptors (Lipinski definition) is 6. The highest BCUT2D eigenvalue weighted by Crippen LogP contribution is 2.34. The van der Waals surface area contributed by atoms with Gasteiger partial charge in [0.2, 0.25) is 0 Å². The molecule has 1 saturated heterocycles. The molecule has 2 heterocycles. The number of amides is 2. The van der Waals surface area contributed by atoms with Crippen LogP contribution in [0.1, 0.15) is 11.3 Å². The number of para-hydroxylation sites is 1. The van der Waals surface area contributed by atoms with Gasteiger partial charge in [-0.1, -0.05) is 18.2 Å². The number of thioether (sulfide) groups is 1. The average molecular weight is 456 g/mol. The van der Waals surface area contributed by atoms with Gasteiger partial charge < -0.3 is 4.42 Å². The molecule has 0 spiro atoms. The number of nitro groups is 1. The fourth-order valence-electron chi connectivity index (χ4n) is 2.16. The lowest BCUT2D eigenvalue weighted by Gasteiger charge is -2.12. The van der Waals surface area contributed by atoms with Gasteiger partial charge in [0.15, 0.2) is 3.77 Å². The molecule has 2 aromatic rings. The number of furan rings is 1. The van der Waals surface area contributed by atoms with E-state index in [9.17, 15) is 19.7 Å². The second kappa shape index (κ2) is 6.77. The summed E-state index contributed by atoms with van der Waals surface area (Å²) in [7, 11) is 0. The smallest absolute Gasteiger partial charge is 0.293 e. The van der Waals surface area contributed by atoms with Gasteiger partial charge in [0.1, 0.15) is 5.76 Å². The van der Waals surface area contributed by atoms with Crippen molar-refractivity contribution in [1.29, 1.82) is 0 Å². The van der Waals surface area contributed by atoms with Crippen molar-refractivity contribution in [3.05, 3.63) is 66.5 Å². The Morgan fingerprint density at radius 1 is 1.25 bits per heavy atom. The van der Waals surface area contributed by atoms with Crippen LogP contribution in [0.3, 0.4) is 0 Å². The van der Waals surface area contributed by atoms with E-state index in [2.05, 4.69) is 0 Å². The first-order valence-electron chi connectivity index (χ1n) is 6.68. The molecule has 2 amide bonds. The Labute approximate surface area is 154 Å². The number of nitro benzene ring substituents is 1. The first-order valence-corrected chi connectivity index (χ1v) is 8.58. The molecule has 0 atom stereocenters. The maximum Gasteiger partial charge on any atom is 0.293 e. The van der Waals surface area contributed by atoms with E-state index in [1.54, 1.807) is 18.2 Å². The summed E-state index contributed by atoms with van der Waals surface area (Å²) in [6.45, 7) is -0.144. The third-order valence-corrected chi connectivity index (χ3v) is 4.74. The van der Waals surface area contributed by atoms with Crippen molar-refractivity contribution in [3.63, 3.8) is 0 Å². The van der Waals surface area contributed by atoms with Crippen LogP contribution in [0.4, 0.5) is 10.5 Å². The Hall–Kier alpha value is -2.14. The molecule has 0 radical (unpaired) electrons. The number of hydrogen-bond donors (Lipinski definition) is 0. The zero-order valence-electron chi connectivity index (χ0n) is 12.0. The molecule has 24 heavy (non-hydrogen) atoms. The van der Waals surface area contributed by atoms with E-state index < -0.39 is 16.1 Å². The minimum Gasteiger partial charge on any atom is -0.451 e. The molecule has 1 aromatic carbocycles. The number of nitrogens with zero attached hydrogens (tertiary/aromatic N) is 2. The van der Waals surface area contributed by atoms with E-state index in [0.717, 1.165) is 16.7 Å². The summed E-state index contributed by atoms with van der Waals surface area (Å²) in [5.74, 6) is -0.0230. The molecule has 1 aliphatic rings. The summed E-state index contributed by atoms with van der Waals surface area (Å²) in [4.78, 5) is 36.3. The number of imide groups is 1. The Morgan fingerprint density at radius 3 is 2.67 bits per heavy atom.